The van der Waals surface area contributed by atoms with E-state index in [4.69, 9.17) is 4.74 Å². The molecule has 0 aliphatic rings. The molecule has 70 valence electrons. The van der Waals surface area contributed by atoms with Crippen LogP contribution in [0, 0.1) is 0 Å². The standard InChI is InChI=1S/C9H13N3O/c1-10-7-3-4-8-5-6-9(13-2)12-11-8/h3-6,10H,7H2,1-2H3. The van der Waals surface area contributed by atoms with Crippen LogP contribution in [-0.4, -0.2) is 30.9 Å². The summed E-state index contributed by atoms with van der Waals surface area (Å²) in [6.07, 6.45) is 3.89. The van der Waals surface area contributed by atoms with Crippen molar-refractivity contribution in [2.45, 2.75) is 0 Å². The lowest BCUT2D eigenvalue weighted by Crippen LogP contribution is -2.03. The molecule has 1 N–H and O–H groups in total. The van der Waals surface area contributed by atoms with Crippen molar-refractivity contribution in [3.05, 3.63) is 23.9 Å². The Morgan fingerprint density at radius 3 is 2.85 bits per heavy atom. The number of nitrogens with zero attached hydrogens (tertiary/aromatic N) is 2. The van der Waals surface area contributed by atoms with Crippen molar-refractivity contribution in [2.75, 3.05) is 20.7 Å². The zero-order chi connectivity index (χ0) is 9.52. The number of nitrogens with one attached hydrogen (secondary N) is 1. The quantitative estimate of drug-likeness (QED) is 0.739. The highest BCUT2D eigenvalue weighted by molar-refractivity contribution is 5.44. The van der Waals surface area contributed by atoms with Crippen LogP contribution in [0.5, 0.6) is 5.88 Å². The normalized spacial score (nSPS) is 10.6. The maximum Gasteiger partial charge on any atom is 0.233 e. The van der Waals surface area contributed by atoms with Crippen LogP contribution >= 0.6 is 0 Å². The molecule has 0 aliphatic heterocycles. The SMILES string of the molecule is CNCC=Cc1ccc(OC)nn1. The summed E-state index contributed by atoms with van der Waals surface area (Å²) in [5.41, 5.74) is 0.830. The summed E-state index contributed by atoms with van der Waals surface area (Å²) in [6.45, 7) is 0.827. The lowest BCUT2D eigenvalue weighted by Gasteiger charge is -1.96. The second-order valence-electron chi connectivity index (χ2n) is 2.46. The third-order valence-corrected chi connectivity index (χ3v) is 1.48. The van der Waals surface area contributed by atoms with E-state index in [0.29, 0.717) is 5.88 Å². The second-order valence-corrected chi connectivity index (χ2v) is 2.46. The Morgan fingerprint density at radius 1 is 1.46 bits per heavy atom. The lowest BCUT2D eigenvalue weighted by molar-refractivity contribution is 0.392. The number of hydrogen-bond acceptors (Lipinski definition) is 4. The minimum absolute atomic E-state index is 0.533. The van der Waals surface area contributed by atoms with Crippen LogP contribution in [-0.2, 0) is 0 Å². The molecule has 4 heteroatoms. The van der Waals surface area contributed by atoms with E-state index in [0.717, 1.165) is 12.2 Å². The van der Waals surface area contributed by atoms with E-state index in [1.807, 2.05) is 25.3 Å². The molecule has 0 bridgehead atoms. The number of likely N-dealkylation sites (N-methyl/N-ethyl adjacent to an activating group) is 1. The molecular weight excluding hydrogens is 166 g/mol. The van der Waals surface area contributed by atoms with Gasteiger partial charge in [0.1, 0.15) is 0 Å². The summed E-state index contributed by atoms with van der Waals surface area (Å²) in [5, 5.41) is 10.8. The predicted molar refractivity (Wildman–Crippen MR) is 51.5 cm³/mol. The van der Waals surface area contributed by atoms with Crippen molar-refractivity contribution in [2.24, 2.45) is 0 Å². The first kappa shape index (κ1) is 9.67. The Kier molecular flexibility index (Phi) is 3.92. The van der Waals surface area contributed by atoms with Gasteiger partial charge in [0, 0.05) is 12.6 Å². The van der Waals surface area contributed by atoms with Crippen LogP contribution in [0.3, 0.4) is 0 Å². The molecule has 0 fully saturated rings. The summed E-state index contributed by atoms with van der Waals surface area (Å²) in [7, 11) is 3.46. The van der Waals surface area contributed by atoms with E-state index in [9.17, 15) is 0 Å². The first-order chi connectivity index (χ1) is 6.36. The fraction of sp³-hybridized carbons (Fsp3) is 0.333. The average molecular weight is 179 g/mol. The fourth-order valence-corrected chi connectivity index (χ4v) is 0.826. The predicted octanol–water partition coefficient (Wildman–Crippen LogP) is 0.718. The smallest absolute Gasteiger partial charge is 0.233 e. The molecule has 4 nitrogen and oxygen atoms in total. The Labute approximate surface area is 77.6 Å². The van der Waals surface area contributed by atoms with Gasteiger partial charge in [-0.1, -0.05) is 6.08 Å². The van der Waals surface area contributed by atoms with Gasteiger partial charge in [-0.2, -0.15) is 0 Å². The summed E-state index contributed by atoms with van der Waals surface area (Å²) >= 11 is 0. The summed E-state index contributed by atoms with van der Waals surface area (Å²) < 4.78 is 4.88. The summed E-state index contributed by atoms with van der Waals surface area (Å²) in [6, 6.07) is 3.64. The fourth-order valence-electron chi connectivity index (χ4n) is 0.826. The minimum Gasteiger partial charge on any atom is -0.480 e. The highest BCUT2D eigenvalue weighted by Gasteiger charge is 1.92. The molecule has 0 saturated carbocycles. The molecule has 13 heavy (non-hydrogen) atoms. The molecule has 0 saturated heterocycles. The molecule has 0 amide bonds. The molecule has 1 heterocycles. The molecule has 0 aliphatic carbocycles. The largest absolute Gasteiger partial charge is 0.480 e. The maximum absolute atomic E-state index is 4.88. The van der Waals surface area contributed by atoms with Crippen molar-refractivity contribution < 1.29 is 4.74 Å². The van der Waals surface area contributed by atoms with Crippen molar-refractivity contribution in [1.29, 1.82) is 0 Å². The number of aromatic nitrogens is 2. The van der Waals surface area contributed by atoms with Gasteiger partial charge in [0.25, 0.3) is 0 Å². The van der Waals surface area contributed by atoms with Crippen LogP contribution in [0.25, 0.3) is 6.08 Å². The number of rotatable bonds is 4. The van der Waals surface area contributed by atoms with Gasteiger partial charge in [0.05, 0.1) is 12.8 Å². The molecule has 1 rings (SSSR count). The van der Waals surface area contributed by atoms with Gasteiger partial charge in [-0.25, -0.2) is 0 Å². The zero-order valence-electron chi connectivity index (χ0n) is 7.82. The molecular formula is C9H13N3O. The van der Waals surface area contributed by atoms with E-state index in [1.165, 1.54) is 0 Å². The molecule has 0 unspecified atom stereocenters. The molecule has 0 spiro atoms. The zero-order valence-corrected chi connectivity index (χ0v) is 7.82. The van der Waals surface area contributed by atoms with Crippen molar-refractivity contribution in [3.63, 3.8) is 0 Å². The average Bonchev–Trinajstić information content (AvgIpc) is 2.19. The Morgan fingerprint density at radius 2 is 2.31 bits per heavy atom. The van der Waals surface area contributed by atoms with Crippen molar-refractivity contribution in [1.82, 2.24) is 15.5 Å². The van der Waals surface area contributed by atoms with Gasteiger partial charge in [0.2, 0.25) is 5.88 Å². The number of methoxy groups -OCH3 is 1. The molecule has 0 aromatic carbocycles. The van der Waals surface area contributed by atoms with Crippen LogP contribution in [0.2, 0.25) is 0 Å². The summed E-state index contributed by atoms with van der Waals surface area (Å²) in [5.74, 6) is 0.533. The maximum atomic E-state index is 4.88. The van der Waals surface area contributed by atoms with Gasteiger partial charge >= 0.3 is 0 Å². The Bertz CT molecular complexity index is 269. The van der Waals surface area contributed by atoms with Gasteiger partial charge in [0.15, 0.2) is 0 Å². The summed E-state index contributed by atoms with van der Waals surface area (Å²) in [4.78, 5) is 0. The van der Waals surface area contributed by atoms with Crippen LogP contribution < -0.4 is 10.1 Å². The Balaban J connectivity index is 2.58. The lowest BCUT2D eigenvalue weighted by atomic mass is 10.3. The monoisotopic (exact) mass is 179 g/mol. The van der Waals surface area contributed by atoms with Crippen molar-refractivity contribution >= 4 is 6.08 Å². The van der Waals surface area contributed by atoms with Gasteiger partial charge in [-0.3, -0.25) is 0 Å². The molecule has 0 atom stereocenters. The van der Waals surface area contributed by atoms with E-state index in [2.05, 4.69) is 15.5 Å². The first-order valence-corrected chi connectivity index (χ1v) is 4.05. The third kappa shape index (κ3) is 3.21. The highest BCUT2D eigenvalue weighted by atomic mass is 16.5. The second kappa shape index (κ2) is 5.27. The number of hydrogen-bond donors (Lipinski definition) is 1. The molecule has 0 radical (unpaired) electrons. The van der Waals surface area contributed by atoms with Gasteiger partial charge < -0.3 is 10.1 Å². The van der Waals surface area contributed by atoms with Gasteiger partial charge in [-0.15, -0.1) is 10.2 Å². The van der Waals surface area contributed by atoms with Gasteiger partial charge in [-0.05, 0) is 19.2 Å². The topological polar surface area (TPSA) is 47.0 Å². The molecule has 1 aromatic rings. The third-order valence-electron chi connectivity index (χ3n) is 1.48. The van der Waals surface area contributed by atoms with Crippen LogP contribution in [0.15, 0.2) is 18.2 Å². The minimum atomic E-state index is 0.533. The van der Waals surface area contributed by atoms with Crippen molar-refractivity contribution in [3.8, 4) is 5.88 Å². The Hall–Kier alpha value is -1.42. The van der Waals surface area contributed by atoms with E-state index >= 15 is 0 Å². The van der Waals surface area contributed by atoms with E-state index < -0.39 is 0 Å². The van der Waals surface area contributed by atoms with Crippen LogP contribution in [0.1, 0.15) is 5.69 Å². The van der Waals surface area contributed by atoms with E-state index in [1.54, 1.807) is 13.2 Å². The number of ether oxygens (including phenoxy) is 1. The highest BCUT2D eigenvalue weighted by Crippen LogP contribution is 2.04. The first-order valence-electron chi connectivity index (χ1n) is 4.05. The van der Waals surface area contributed by atoms with Crippen LogP contribution in [0.4, 0.5) is 0 Å². The van der Waals surface area contributed by atoms with E-state index in [-0.39, 0.29) is 0 Å². The molecule has 1 aromatic heterocycles.